The molecule has 1 aromatic carbocycles. The molecule has 1 aromatic heterocycles. The summed E-state index contributed by atoms with van der Waals surface area (Å²) in [5.41, 5.74) is -0.0298. The molecule has 1 N–H and O–H groups in total. The summed E-state index contributed by atoms with van der Waals surface area (Å²) in [6.07, 6.45) is -1.32. The minimum atomic E-state index is -4.41. The van der Waals surface area contributed by atoms with Crippen LogP contribution in [0.25, 0.3) is 5.69 Å². The van der Waals surface area contributed by atoms with Crippen LogP contribution in [0.15, 0.2) is 30.6 Å². The standard InChI is InChI=1S/C13H13F3IN3/c1-2-18-6-9-3-4-12(11(5-9)13(14,15)16)20-8-10(17)7-19-20/h3-5,7-8,18H,2,6H2,1H3. The molecule has 20 heavy (non-hydrogen) atoms. The second-order valence-corrected chi connectivity index (χ2v) is 5.48. The number of hydrogen-bond acceptors (Lipinski definition) is 2. The van der Waals surface area contributed by atoms with Crippen LogP contribution in [-0.2, 0) is 12.7 Å². The Hall–Kier alpha value is -1.09. The summed E-state index contributed by atoms with van der Waals surface area (Å²) in [4.78, 5) is 0. The first kappa shape index (κ1) is 15.3. The lowest BCUT2D eigenvalue weighted by atomic mass is 10.1. The third kappa shape index (κ3) is 3.51. The van der Waals surface area contributed by atoms with E-state index in [-0.39, 0.29) is 5.69 Å². The summed E-state index contributed by atoms with van der Waals surface area (Å²) in [5.74, 6) is 0. The molecule has 0 aliphatic heterocycles. The van der Waals surface area contributed by atoms with Crippen molar-refractivity contribution < 1.29 is 13.2 Å². The van der Waals surface area contributed by atoms with Gasteiger partial charge in [-0.15, -0.1) is 0 Å². The maximum atomic E-state index is 13.2. The van der Waals surface area contributed by atoms with Crippen molar-refractivity contribution in [3.8, 4) is 5.69 Å². The Labute approximate surface area is 128 Å². The van der Waals surface area contributed by atoms with Crippen molar-refractivity contribution in [2.75, 3.05) is 6.54 Å². The molecule has 0 radical (unpaired) electrons. The smallest absolute Gasteiger partial charge is 0.313 e. The number of nitrogens with zero attached hydrogens (tertiary/aromatic N) is 2. The van der Waals surface area contributed by atoms with Crippen LogP contribution in [0.3, 0.4) is 0 Å². The fraction of sp³-hybridized carbons (Fsp3) is 0.308. The third-order valence-corrected chi connectivity index (χ3v) is 3.30. The van der Waals surface area contributed by atoms with E-state index in [1.807, 2.05) is 29.5 Å². The fourth-order valence-electron chi connectivity index (χ4n) is 1.82. The molecule has 0 unspecified atom stereocenters. The zero-order valence-electron chi connectivity index (χ0n) is 10.7. The molecule has 0 saturated heterocycles. The Morgan fingerprint density at radius 2 is 2.10 bits per heavy atom. The number of rotatable bonds is 4. The molecule has 108 valence electrons. The molecule has 7 heteroatoms. The van der Waals surface area contributed by atoms with Gasteiger partial charge in [-0.25, -0.2) is 4.68 Å². The first-order chi connectivity index (χ1) is 9.41. The van der Waals surface area contributed by atoms with Gasteiger partial charge in [0.05, 0.1) is 21.0 Å². The van der Waals surface area contributed by atoms with Crippen LogP contribution in [0, 0.1) is 3.57 Å². The third-order valence-electron chi connectivity index (χ3n) is 2.74. The predicted molar refractivity (Wildman–Crippen MR) is 78.7 cm³/mol. The van der Waals surface area contributed by atoms with Crippen molar-refractivity contribution in [3.63, 3.8) is 0 Å². The molecule has 0 saturated carbocycles. The largest absolute Gasteiger partial charge is 0.418 e. The van der Waals surface area contributed by atoms with E-state index in [9.17, 15) is 13.2 Å². The summed E-state index contributed by atoms with van der Waals surface area (Å²) in [6, 6.07) is 4.31. The highest BCUT2D eigenvalue weighted by Crippen LogP contribution is 2.34. The molecular formula is C13H13F3IN3. The summed E-state index contributed by atoms with van der Waals surface area (Å²) in [5, 5.41) is 6.96. The van der Waals surface area contributed by atoms with E-state index < -0.39 is 11.7 Å². The van der Waals surface area contributed by atoms with Crippen LogP contribution < -0.4 is 5.32 Å². The normalized spacial score (nSPS) is 11.8. The van der Waals surface area contributed by atoms with Crippen molar-refractivity contribution in [1.29, 1.82) is 0 Å². The Kier molecular flexibility index (Phi) is 4.69. The molecule has 2 rings (SSSR count). The van der Waals surface area contributed by atoms with Gasteiger partial charge in [0.1, 0.15) is 0 Å². The van der Waals surface area contributed by atoms with Gasteiger partial charge >= 0.3 is 6.18 Å². The summed E-state index contributed by atoms with van der Waals surface area (Å²) in [7, 11) is 0. The first-order valence-corrected chi connectivity index (χ1v) is 7.11. The van der Waals surface area contributed by atoms with Crippen molar-refractivity contribution in [2.24, 2.45) is 0 Å². The molecule has 0 spiro atoms. The van der Waals surface area contributed by atoms with Gasteiger partial charge in [0.2, 0.25) is 0 Å². The van der Waals surface area contributed by atoms with Gasteiger partial charge in [0.15, 0.2) is 0 Å². The van der Waals surface area contributed by atoms with Crippen molar-refractivity contribution in [1.82, 2.24) is 15.1 Å². The van der Waals surface area contributed by atoms with E-state index in [1.165, 1.54) is 23.0 Å². The van der Waals surface area contributed by atoms with E-state index in [1.54, 1.807) is 12.3 Å². The zero-order valence-corrected chi connectivity index (χ0v) is 12.9. The molecule has 2 aromatic rings. The summed E-state index contributed by atoms with van der Waals surface area (Å²) < 4.78 is 41.6. The van der Waals surface area contributed by atoms with Gasteiger partial charge in [-0.1, -0.05) is 13.0 Å². The Morgan fingerprint density at radius 3 is 2.65 bits per heavy atom. The maximum absolute atomic E-state index is 13.2. The van der Waals surface area contributed by atoms with Crippen LogP contribution in [0.4, 0.5) is 13.2 Å². The zero-order chi connectivity index (χ0) is 14.8. The number of benzene rings is 1. The molecular weight excluding hydrogens is 382 g/mol. The lowest BCUT2D eigenvalue weighted by Gasteiger charge is -2.14. The number of aromatic nitrogens is 2. The minimum Gasteiger partial charge on any atom is -0.313 e. The van der Waals surface area contributed by atoms with E-state index in [2.05, 4.69) is 10.4 Å². The van der Waals surface area contributed by atoms with Crippen molar-refractivity contribution in [3.05, 3.63) is 45.3 Å². The van der Waals surface area contributed by atoms with E-state index in [4.69, 9.17) is 0 Å². The summed E-state index contributed by atoms with van der Waals surface area (Å²) in [6.45, 7) is 3.03. The highest BCUT2D eigenvalue weighted by atomic mass is 127. The number of alkyl halides is 3. The molecule has 0 amide bonds. The van der Waals surface area contributed by atoms with Crippen LogP contribution in [0.1, 0.15) is 18.1 Å². The van der Waals surface area contributed by atoms with E-state index in [0.29, 0.717) is 18.7 Å². The highest BCUT2D eigenvalue weighted by molar-refractivity contribution is 14.1. The average molecular weight is 395 g/mol. The second kappa shape index (κ2) is 6.13. The molecule has 3 nitrogen and oxygen atoms in total. The molecule has 0 aliphatic rings. The first-order valence-electron chi connectivity index (χ1n) is 6.03. The number of halogens is 4. The molecule has 0 aliphatic carbocycles. The molecule has 0 atom stereocenters. The quantitative estimate of drug-likeness (QED) is 0.802. The highest BCUT2D eigenvalue weighted by Gasteiger charge is 2.34. The van der Waals surface area contributed by atoms with Crippen molar-refractivity contribution >= 4 is 22.6 Å². The lowest BCUT2D eigenvalue weighted by molar-refractivity contribution is -0.137. The topological polar surface area (TPSA) is 29.9 Å². The summed E-state index contributed by atoms with van der Waals surface area (Å²) >= 11 is 2.01. The Bertz CT molecular complexity index is 593. The predicted octanol–water partition coefficient (Wildman–Crippen LogP) is 3.61. The molecule has 1 heterocycles. The second-order valence-electron chi connectivity index (χ2n) is 4.23. The van der Waals surface area contributed by atoms with Crippen molar-refractivity contribution in [2.45, 2.75) is 19.6 Å². The van der Waals surface area contributed by atoms with Gasteiger partial charge in [0, 0.05) is 12.7 Å². The SMILES string of the molecule is CCNCc1ccc(-n2cc(I)cn2)c(C(F)(F)F)c1. The minimum absolute atomic E-state index is 0.0423. The van der Waals surface area contributed by atoms with Gasteiger partial charge in [-0.05, 0) is 46.8 Å². The van der Waals surface area contributed by atoms with Gasteiger partial charge in [-0.3, -0.25) is 0 Å². The van der Waals surface area contributed by atoms with Crippen LogP contribution in [0.5, 0.6) is 0 Å². The van der Waals surface area contributed by atoms with Gasteiger partial charge in [-0.2, -0.15) is 18.3 Å². The van der Waals surface area contributed by atoms with Gasteiger partial charge in [0.25, 0.3) is 0 Å². The van der Waals surface area contributed by atoms with Crippen LogP contribution >= 0.6 is 22.6 Å². The Balaban J connectivity index is 2.46. The average Bonchev–Trinajstić information content (AvgIpc) is 2.81. The van der Waals surface area contributed by atoms with E-state index in [0.717, 1.165) is 3.57 Å². The number of hydrogen-bond donors (Lipinski definition) is 1. The number of nitrogens with one attached hydrogen (secondary N) is 1. The molecule has 0 bridgehead atoms. The maximum Gasteiger partial charge on any atom is 0.418 e. The Morgan fingerprint density at radius 1 is 1.35 bits per heavy atom. The fourth-order valence-corrected chi connectivity index (χ4v) is 2.21. The molecule has 0 fully saturated rings. The van der Waals surface area contributed by atoms with Crippen LogP contribution in [-0.4, -0.2) is 16.3 Å². The van der Waals surface area contributed by atoms with Crippen LogP contribution in [0.2, 0.25) is 0 Å². The monoisotopic (exact) mass is 395 g/mol. The van der Waals surface area contributed by atoms with E-state index >= 15 is 0 Å². The van der Waals surface area contributed by atoms with Gasteiger partial charge < -0.3 is 5.32 Å². The lowest BCUT2D eigenvalue weighted by Crippen LogP contribution is -2.15.